The fourth-order valence-corrected chi connectivity index (χ4v) is 1.82. The molecule has 0 aromatic heterocycles. The maximum absolute atomic E-state index is 2.44. The van der Waals surface area contributed by atoms with Crippen LogP contribution in [0.4, 0.5) is 0 Å². The maximum atomic E-state index is 2.44. The molecule has 2 atom stereocenters. The lowest BCUT2D eigenvalue weighted by Crippen LogP contribution is -1.77. The fourth-order valence-electron chi connectivity index (χ4n) is 1.82. The van der Waals surface area contributed by atoms with Gasteiger partial charge in [0, 0.05) is 0 Å². The number of rotatable bonds is 1. The molecule has 0 aromatic rings. The van der Waals surface area contributed by atoms with Crippen molar-refractivity contribution < 1.29 is 0 Å². The van der Waals surface area contributed by atoms with Crippen LogP contribution in [0.3, 0.4) is 0 Å². The van der Waals surface area contributed by atoms with Gasteiger partial charge < -0.3 is 0 Å². The summed E-state index contributed by atoms with van der Waals surface area (Å²) in [6.07, 6.45) is 6.66. The lowest BCUT2D eigenvalue weighted by Gasteiger charge is -1.92. The van der Waals surface area contributed by atoms with Crippen LogP contribution in [-0.2, 0) is 0 Å². The van der Waals surface area contributed by atoms with Gasteiger partial charge in [-0.2, -0.15) is 0 Å². The highest BCUT2D eigenvalue weighted by Crippen LogP contribution is 2.52. The second-order valence-electron chi connectivity index (χ2n) is 2.97. The maximum Gasteiger partial charge on any atom is -0.0169 e. The first-order valence-corrected chi connectivity index (χ1v) is 3.60. The number of hydrogen-bond acceptors (Lipinski definition) is 0. The van der Waals surface area contributed by atoms with Crippen LogP contribution in [0, 0.1) is 11.8 Å². The van der Waals surface area contributed by atoms with E-state index >= 15 is 0 Å². The SMILES string of the molecule is CCC1=CCC2CC12. The van der Waals surface area contributed by atoms with E-state index in [0.717, 1.165) is 11.8 Å². The molecule has 2 rings (SSSR count). The van der Waals surface area contributed by atoms with Gasteiger partial charge in [0.2, 0.25) is 0 Å². The molecule has 0 bridgehead atoms. The van der Waals surface area contributed by atoms with Gasteiger partial charge in [0.1, 0.15) is 0 Å². The third-order valence-electron chi connectivity index (χ3n) is 2.49. The van der Waals surface area contributed by atoms with Crippen molar-refractivity contribution in [3.05, 3.63) is 11.6 Å². The Balaban J connectivity index is 2.12. The molecule has 0 radical (unpaired) electrons. The van der Waals surface area contributed by atoms with Gasteiger partial charge in [-0.3, -0.25) is 0 Å². The number of fused-ring (bicyclic) bond motifs is 1. The van der Waals surface area contributed by atoms with Crippen molar-refractivity contribution in [3.8, 4) is 0 Å². The van der Waals surface area contributed by atoms with Gasteiger partial charge in [-0.25, -0.2) is 0 Å². The van der Waals surface area contributed by atoms with Crippen molar-refractivity contribution >= 4 is 0 Å². The Morgan fingerprint density at radius 1 is 1.75 bits per heavy atom. The average Bonchev–Trinajstić information content (AvgIpc) is 2.46. The highest BCUT2D eigenvalue weighted by Gasteiger charge is 2.41. The molecule has 0 nitrogen and oxygen atoms in total. The first kappa shape index (κ1) is 4.60. The molecule has 1 saturated carbocycles. The van der Waals surface area contributed by atoms with Crippen LogP contribution in [0.1, 0.15) is 26.2 Å². The summed E-state index contributed by atoms with van der Waals surface area (Å²) >= 11 is 0. The highest BCUT2D eigenvalue weighted by atomic mass is 14.5. The molecule has 8 heavy (non-hydrogen) atoms. The van der Waals surface area contributed by atoms with Gasteiger partial charge in [0.25, 0.3) is 0 Å². The molecule has 2 aliphatic rings. The molecule has 0 aromatic carbocycles. The number of hydrogen-bond donors (Lipinski definition) is 0. The summed E-state index contributed by atoms with van der Waals surface area (Å²) < 4.78 is 0. The summed E-state index contributed by atoms with van der Waals surface area (Å²) in [5, 5.41) is 0. The summed E-state index contributed by atoms with van der Waals surface area (Å²) in [4.78, 5) is 0. The first-order chi connectivity index (χ1) is 3.92. The van der Waals surface area contributed by atoms with E-state index in [2.05, 4.69) is 13.0 Å². The monoisotopic (exact) mass is 108 g/mol. The predicted octanol–water partition coefficient (Wildman–Crippen LogP) is 2.36. The van der Waals surface area contributed by atoms with Crippen molar-refractivity contribution in [3.63, 3.8) is 0 Å². The molecule has 44 valence electrons. The molecule has 0 heteroatoms. The predicted molar refractivity (Wildman–Crippen MR) is 34.6 cm³/mol. The van der Waals surface area contributed by atoms with Crippen molar-refractivity contribution in [2.24, 2.45) is 11.8 Å². The van der Waals surface area contributed by atoms with Gasteiger partial charge in [-0.15, -0.1) is 0 Å². The third kappa shape index (κ3) is 0.460. The van der Waals surface area contributed by atoms with Gasteiger partial charge in [-0.1, -0.05) is 18.6 Å². The lowest BCUT2D eigenvalue weighted by atomic mass is 10.1. The van der Waals surface area contributed by atoms with Crippen LogP contribution < -0.4 is 0 Å². The van der Waals surface area contributed by atoms with Crippen LogP contribution in [0.2, 0.25) is 0 Å². The van der Waals surface area contributed by atoms with Crippen LogP contribution in [-0.4, -0.2) is 0 Å². The minimum absolute atomic E-state index is 1.06. The quantitative estimate of drug-likeness (QED) is 0.452. The summed E-state index contributed by atoms with van der Waals surface area (Å²) in [5.74, 6) is 2.16. The highest BCUT2D eigenvalue weighted by molar-refractivity contribution is 5.22. The molecular weight excluding hydrogens is 96.1 g/mol. The zero-order chi connectivity index (χ0) is 5.56. The van der Waals surface area contributed by atoms with E-state index in [9.17, 15) is 0 Å². The van der Waals surface area contributed by atoms with E-state index in [1.807, 2.05) is 0 Å². The van der Waals surface area contributed by atoms with Crippen molar-refractivity contribution in [2.75, 3.05) is 0 Å². The zero-order valence-corrected chi connectivity index (χ0v) is 5.35. The van der Waals surface area contributed by atoms with Gasteiger partial charge in [0.05, 0.1) is 0 Å². The summed E-state index contributed by atoms with van der Waals surface area (Å²) in [6, 6.07) is 0. The van der Waals surface area contributed by atoms with Gasteiger partial charge in [-0.05, 0) is 31.1 Å². The van der Waals surface area contributed by atoms with E-state index in [0.29, 0.717) is 0 Å². The molecular formula is C8H12. The number of allylic oxidation sites excluding steroid dienone is 2. The molecule has 0 N–H and O–H groups in total. The van der Waals surface area contributed by atoms with Gasteiger partial charge >= 0.3 is 0 Å². The Kier molecular flexibility index (Phi) is 0.787. The molecule has 0 amide bonds. The van der Waals surface area contributed by atoms with Crippen LogP contribution in [0.15, 0.2) is 11.6 Å². The van der Waals surface area contributed by atoms with Crippen LogP contribution in [0.25, 0.3) is 0 Å². The van der Waals surface area contributed by atoms with E-state index in [1.54, 1.807) is 5.57 Å². The summed E-state index contributed by atoms with van der Waals surface area (Å²) in [6.45, 7) is 2.27. The summed E-state index contributed by atoms with van der Waals surface area (Å²) in [5.41, 5.74) is 1.75. The van der Waals surface area contributed by atoms with E-state index in [-0.39, 0.29) is 0 Å². The van der Waals surface area contributed by atoms with Crippen LogP contribution in [0.5, 0.6) is 0 Å². The molecule has 0 saturated heterocycles. The largest absolute Gasteiger partial charge is 0.0848 e. The second kappa shape index (κ2) is 1.37. The fraction of sp³-hybridized carbons (Fsp3) is 0.750. The van der Waals surface area contributed by atoms with E-state index in [4.69, 9.17) is 0 Å². The van der Waals surface area contributed by atoms with Crippen molar-refractivity contribution in [1.29, 1.82) is 0 Å². The minimum Gasteiger partial charge on any atom is -0.0848 e. The third-order valence-corrected chi connectivity index (χ3v) is 2.49. The van der Waals surface area contributed by atoms with Gasteiger partial charge in [0.15, 0.2) is 0 Å². The normalized spacial score (nSPS) is 41.4. The molecule has 1 fully saturated rings. The molecule has 2 unspecified atom stereocenters. The first-order valence-electron chi connectivity index (χ1n) is 3.60. The zero-order valence-electron chi connectivity index (χ0n) is 5.35. The topological polar surface area (TPSA) is 0 Å². The molecule has 0 heterocycles. The van der Waals surface area contributed by atoms with E-state index < -0.39 is 0 Å². The van der Waals surface area contributed by atoms with E-state index in [1.165, 1.54) is 19.3 Å². The summed E-state index contributed by atoms with van der Waals surface area (Å²) in [7, 11) is 0. The van der Waals surface area contributed by atoms with Crippen LogP contribution >= 0.6 is 0 Å². The Morgan fingerprint density at radius 3 is 2.88 bits per heavy atom. The Hall–Kier alpha value is -0.260. The lowest BCUT2D eigenvalue weighted by molar-refractivity contribution is 0.831. The molecule has 2 aliphatic carbocycles. The Morgan fingerprint density at radius 2 is 2.62 bits per heavy atom. The van der Waals surface area contributed by atoms with Crippen molar-refractivity contribution in [1.82, 2.24) is 0 Å². The molecule has 0 aliphatic heterocycles. The minimum atomic E-state index is 1.06. The molecule has 0 spiro atoms. The van der Waals surface area contributed by atoms with Crippen molar-refractivity contribution in [2.45, 2.75) is 26.2 Å². The Labute approximate surface area is 50.6 Å². The second-order valence-corrected chi connectivity index (χ2v) is 2.97. The average molecular weight is 108 g/mol. The smallest absolute Gasteiger partial charge is 0.0169 e. The standard InChI is InChI=1S/C8H12/c1-2-6-3-4-7-5-8(6)7/h3,7-8H,2,4-5H2,1H3. The Bertz CT molecular complexity index is 133.